The van der Waals surface area contributed by atoms with Crippen LogP contribution in [0, 0.1) is 0 Å². The maximum absolute atomic E-state index is 12.4. The quantitative estimate of drug-likeness (QED) is 0.458. The molecule has 0 aliphatic rings. The number of hydrogen-bond donors (Lipinski definition) is 2. The van der Waals surface area contributed by atoms with Crippen LogP contribution in [0.15, 0.2) is 85.1 Å². The zero-order valence-electron chi connectivity index (χ0n) is 16.8. The van der Waals surface area contributed by atoms with Gasteiger partial charge in [0, 0.05) is 29.6 Å². The SMILES string of the molecule is COc1ccc(OCC(=O)NC[C@@H](c2ccccc2)c2c[nH]c3ccccc23)cc1. The third-order valence-corrected chi connectivity index (χ3v) is 5.13. The summed E-state index contributed by atoms with van der Waals surface area (Å²) < 4.78 is 10.7. The van der Waals surface area contributed by atoms with Gasteiger partial charge >= 0.3 is 0 Å². The molecule has 0 aliphatic heterocycles. The van der Waals surface area contributed by atoms with Crippen molar-refractivity contribution in [2.24, 2.45) is 0 Å². The van der Waals surface area contributed by atoms with Gasteiger partial charge in [-0.25, -0.2) is 0 Å². The standard InChI is InChI=1S/C25H24N2O3/c1-29-19-11-13-20(14-12-19)30-17-25(28)27-15-22(18-7-3-2-4-8-18)23-16-26-24-10-6-5-9-21(23)24/h2-14,16,22,26H,15,17H2,1H3,(H,27,28)/t22-/m0/s1. The molecule has 152 valence electrons. The van der Waals surface area contributed by atoms with Crippen LogP contribution in [-0.2, 0) is 4.79 Å². The van der Waals surface area contributed by atoms with Crippen LogP contribution in [0.3, 0.4) is 0 Å². The molecule has 0 spiro atoms. The zero-order chi connectivity index (χ0) is 20.8. The number of rotatable bonds is 8. The summed E-state index contributed by atoms with van der Waals surface area (Å²) in [6, 6.07) is 25.6. The fourth-order valence-corrected chi connectivity index (χ4v) is 3.56. The van der Waals surface area contributed by atoms with Crippen LogP contribution in [0.1, 0.15) is 17.0 Å². The number of methoxy groups -OCH3 is 1. The number of ether oxygens (including phenoxy) is 2. The molecule has 1 aromatic heterocycles. The van der Waals surface area contributed by atoms with Gasteiger partial charge < -0.3 is 19.8 Å². The molecule has 5 nitrogen and oxygen atoms in total. The topological polar surface area (TPSA) is 63.4 Å². The van der Waals surface area contributed by atoms with Gasteiger partial charge in [0.1, 0.15) is 11.5 Å². The third kappa shape index (κ3) is 4.46. The van der Waals surface area contributed by atoms with Gasteiger partial charge in [-0.05, 0) is 41.5 Å². The second kappa shape index (κ2) is 9.18. The second-order valence-corrected chi connectivity index (χ2v) is 7.02. The molecule has 5 heteroatoms. The van der Waals surface area contributed by atoms with Crippen LogP contribution in [0.4, 0.5) is 0 Å². The summed E-state index contributed by atoms with van der Waals surface area (Å²) in [5.74, 6) is 1.25. The Bertz CT molecular complexity index is 1100. The lowest BCUT2D eigenvalue weighted by Gasteiger charge is -2.18. The molecule has 0 radical (unpaired) electrons. The smallest absolute Gasteiger partial charge is 0.257 e. The normalized spacial score (nSPS) is 11.8. The predicted molar refractivity (Wildman–Crippen MR) is 118 cm³/mol. The Labute approximate surface area is 175 Å². The number of benzene rings is 3. The average Bonchev–Trinajstić information content (AvgIpc) is 3.23. The highest BCUT2D eigenvalue weighted by atomic mass is 16.5. The first-order valence-electron chi connectivity index (χ1n) is 9.89. The molecular formula is C25H24N2O3. The Morgan fingerprint density at radius 1 is 0.933 bits per heavy atom. The first-order chi connectivity index (χ1) is 14.7. The van der Waals surface area contributed by atoms with E-state index in [1.807, 2.05) is 36.5 Å². The Balaban J connectivity index is 1.45. The molecule has 0 bridgehead atoms. The van der Waals surface area contributed by atoms with E-state index < -0.39 is 0 Å². The van der Waals surface area contributed by atoms with E-state index in [0.717, 1.165) is 27.8 Å². The number of nitrogens with one attached hydrogen (secondary N) is 2. The van der Waals surface area contributed by atoms with Gasteiger partial charge in [0.05, 0.1) is 7.11 Å². The fraction of sp³-hybridized carbons (Fsp3) is 0.160. The van der Waals surface area contributed by atoms with E-state index in [9.17, 15) is 4.79 Å². The molecule has 30 heavy (non-hydrogen) atoms. The van der Waals surface area contributed by atoms with E-state index >= 15 is 0 Å². The van der Waals surface area contributed by atoms with Crippen LogP contribution in [0.2, 0.25) is 0 Å². The van der Waals surface area contributed by atoms with E-state index in [1.165, 1.54) is 0 Å². The van der Waals surface area contributed by atoms with Crippen molar-refractivity contribution in [3.8, 4) is 11.5 Å². The number of hydrogen-bond acceptors (Lipinski definition) is 3. The van der Waals surface area contributed by atoms with Crippen LogP contribution in [0.5, 0.6) is 11.5 Å². The number of amides is 1. The van der Waals surface area contributed by atoms with E-state index in [4.69, 9.17) is 9.47 Å². The first kappa shape index (κ1) is 19.6. The molecule has 0 saturated carbocycles. The van der Waals surface area contributed by atoms with Crippen LogP contribution < -0.4 is 14.8 Å². The number of carbonyl (C=O) groups excluding carboxylic acids is 1. The summed E-state index contributed by atoms with van der Waals surface area (Å²) in [6.07, 6.45) is 2.03. The molecule has 0 saturated heterocycles. The van der Waals surface area contributed by atoms with Gasteiger partial charge in [0.25, 0.3) is 5.91 Å². The minimum atomic E-state index is -0.161. The van der Waals surface area contributed by atoms with Crippen molar-refractivity contribution in [1.82, 2.24) is 10.3 Å². The monoisotopic (exact) mass is 400 g/mol. The lowest BCUT2D eigenvalue weighted by Crippen LogP contribution is -2.32. The number of carbonyl (C=O) groups is 1. The maximum Gasteiger partial charge on any atom is 0.257 e. The number of H-pyrrole nitrogens is 1. The van der Waals surface area contributed by atoms with Gasteiger partial charge in [-0.1, -0.05) is 48.5 Å². The van der Waals surface area contributed by atoms with Gasteiger partial charge in [-0.3, -0.25) is 4.79 Å². The summed E-state index contributed by atoms with van der Waals surface area (Å²) >= 11 is 0. The van der Waals surface area contributed by atoms with Crippen molar-refractivity contribution < 1.29 is 14.3 Å². The Morgan fingerprint density at radius 3 is 2.40 bits per heavy atom. The molecule has 4 rings (SSSR count). The largest absolute Gasteiger partial charge is 0.497 e. The Hall–Kier alpha value is -3.73. The van der Waals surface area contributed by atoms with E-state index in [-0.39, 0.29) is 18.4 Å². The van der Waals surface area contributed by atoms with E-state index in [2.05, 4.69) is 34.6 Å². The Kier molecular flexibility index (Phi) is 5.99. The zero-order valence-corrected chi connectivity index (χ0v) is 16.8. The molecule has 0 fully saturated rings. The molecule has 0 unspecified atom stereocenters. The number of para-hydroxylation sites is 1. The molecule has 2 N–H and O–H groups in total. The van der Waals surface area contributed by atoms with E-state index in [1.54, 1.807) is 31.4 Å². The summed E-state index contributed by atoms with van der Waals surface area (Å²) in [5.41, 5.74) is 3.40. The minimum absolute atomic E-state index is 0.0345. The molecular weight excluding hydrogens is 376 g/mol. The van der Waals surface area contributed by atoms with Crippen molar-refractivity contribution in [2.75, 3.05) is 20.3 Å². The highest BCUT2D eigenvalue weighted by Gasteiger charge is 2.19. The number of fused-ring (bicyclic) bond motifs is 1. The predicted octanol–water partition coefficient (Wildman–Crippen LogP) is 4.50. The van der Waals surface area contributed by atoms with Crippen LogP contribution in [-0.4, -0.2) is 31.2 Å². The van der Waals surface area contributed by atoms with Crippen LogP contribution in [0.25, 0.3) is 10.9 Å². The molecule has 1 atom stereocenters. The lowest BCUT2D eigenvalue weighted by molar-refractivity contribution is -0.123. The highest BCUT2D eigenvalue weighted by molar-refractivity contribution is 5.84. The summed E-state index contributed by atoms with van der Waals surface area (Å²) in [7, 11) is 1.61. The second-order valence-electron chi connectivity index (χ2n) is 7.02. The first-order valence-corrected chi connectivity index (χ1v) is 9.89. The molecule has 4 aromatic rings. The van der Waals surface area contributed by atoms with Gasteiger partial charge in [-0.2, -0.15) is 0 Å². The van der Waals surface area contributed by atoms with Crippen molar-refractivity contribution >= 4 is 16.8 Å². The van der Waals surface area contributed by atoms with Crippen molar-refractivity contribution in [3.05, 3.63) is 96.2 Å². The number of aromatic nitrogens is 1. The van der Waals surface area contributed by atoms with Crippen molar-refractivity contribution in [2.45, 2.75) is 5.92 Å². The molecule has 1 amide bonds. The highest BCUT2D eigenvalue weighted by Crippen LogP contribution is 2.30. The van der Waals surface area contributed by atoms with Gasteiger partial charge in [0.15, 0.2) is 6.61 Å². The van der Waals surface area contributed by atoms with E-state index in [0.29, 0.717) is 12.3 Å². The lowest BCUT2D eigenvalue weighted by atomic mass is 9.91. The fourth-order valence-electron chi connectivity index (χ4n) is 3.56. The summed E-state index contributed by atoms with van der Waals surface area (Å²) in [5, 5.41) is 4.19. The van der Waals surface area contributed by atoms with Crippen molar-refractivity contribution in [1.29, 1.82) is 0 Å². The summed E-state index contributed by atoms with van der Waals surface area (Å²) in [4.78, 5) is 15.8. The molecule has 1 heterocycles. The number of aromatic amines is 1. The van der Waals surface area contributed by atoms with Gasteiger partial charge in [-0.15, -0.1) is 0 Å². The van der Waals surface area contributed by atoms with Crippen molar-refractivity contribution in [3.63, 3.8) is 0 Å². The minimum Gasteiger partial charge on any atom is -0.497 e. The Morgan fingerprint density at radius 2 is 1.63 bits per heavy atom. The molecule has 0 aliphatic carbocycles. The third-order valence-electron chi connectivity index (χ3n) is 5.13. The summed E-state index contributed by atoms with van der Waals surface area (Å²) in [6.45, 7) is 0.443. The van der Waals surface area contributed by atoms with Gasteiger partial charge in [0.2, 0.25) is 0 Å². The van der Waals surface area contributed by atoms with Crippen LogP contribution >= 0.6 is 0 Å². The maximum atomic E-state index is 12.4. The molecule has 3 aromatic carbocycles. The average molecular weight is 400 g/mol.